The summed E-state index contributed by atoms with van der Waals surface area (Å²) in [5.41, 5.74) is 0.299. The molecule has 1 aliphatic rings. The molecular formula is C15H21N5O2. The highest BCUT2D eigenvalue weighted by molar-refractivity contribution is 5.77. The minimum absolute atomic E-state index is 0.000111. The number of rotatable bonds is 3. The molecule has 0 aromatic carbocycles. The van der Waals surface area contributed by atoms with E-state index in [-0.39, 0.29) is 24.1 Å². The van der Waals surface area contributed by atoms with E-state index in [0.717, 1.165) is 19.3 Å². The molecule has 0 radical (unpaired) electrons. The first-order valence-corrected chi connectivity index (χ1v) is 7.73. The van der Waals surface area contributed by atoms with Crippen LogP contribution >= 0.6 is 0 Å². The largest absolute Gasteiger partial charge is 0.352 e. The Hall–Kier alpha value is -2.18. The van der Waals surface area contributed by atoms with Crippen molar-refractivity contribution in [3.05, 3.63) is 22.9 Å². The first-order chi connectivity index (χ1) is 10.6. The molecule has 7 nitrogen and oxygen atoms in total. The highest BCUT2D eigenvalue weighted by atomic mass is 16.2. The molecular weight excluding hydrogens is 282 g/mol. The molecule has 1 N–H and O–H groups in total. The van der Waals surface area contributed by atoms with E-state index in [9.17, 15) is 9.59 Å². The summed E-state index contributed by atoms with van der Waals surface area (Å²) in [6, 6.07) is 0.215. The van der Waals surface area contributed by atoms with Crippen molar-refractivity contribution in [2.75, 3.05) is 0 Å². The second kappa shape index (κ2) is 5.90. The van der Waals surface area contributed by atoms with E-state index in [0.29, 0.717) is 17.0 Å². The van der Waals surface area contributed by atoms with Gasteiger partial charge >= 0.3 is 0 Å². The number of nitrogens with one attached hydrogen (secondary N) is 1. The van der Waals surface area contributed by atoms with Gasteiger partial charge in [-0.05, 0) is 18.8 Å². The van der Waals surface area contributed by atoms with Crippen molar-refractivity contribution in [3.8, 4) is 0 Å². The van der Waals surface area contributed by atoms with Gasteiger partial charge in [0, 0.05) is 13.1 Å². The molecule has 0 aliphatic heterocycles. The lowest BCUT2D eigenvalue weighted by Crippen LogP contribution is -2.43. The second-order valence-corrected chi connectivity index (χ2v) is 6.12. The lowest BCUT2D eigenvalue weighted by molar-refractivity contribution is -0.123. The van der Waals surface area contributed by atoms with Crippen molar-refractivity contribution < 1.29 is 4.79 Å². The maximum absolute atomic E-state index is 12.3. The first-order valence-electron chi connectivity index (χ1n) is 7.73. The monoisotopic (exact) mass is 303 g/mol. The average molecular weight is 303 g/mol. The van der Waals surface area contributed by atoms with Gasteiger partial charge in [-0.25, -0.2) is 4.98 Å². The number of carbonyl (C=O) groups is 1. The summed E-state index contributed by atoms with van der Waals surface area (Å²) < 4.78 is 2.89. The predicted molar refractivity (Wildman–Crippen MR) is 82.3 cm³/mol. The van der Waals surface area contributed by atoms with E-state index in [1.165, 1.54) is 23.5 Å². The fourth-order valence-corrected chi connectivity index (χ4v) is 3.12. The Bertz CT molecular complexity index is 748. The van der Waals surface area contributed by atoms with Crippen LogP contribution in [0.2, 0.25) is 0 Å². The minimum atomic E-state index is -0.232. The second-order valence-electron chi connectivity index (χ2n) is 6.12. The van der Waals surface area contributed by atoms with Gasteiger partial charge < -0.3 is 5.32 Å². The number of nitrogens with zero attached hydrogens (tertiary/aromatic N) is 4. The maximum Gasteiger partial charge on any atom is 0.264 e. The molecule has 0 bridgehead atoms. The topological polar surface area (TPSA) is 81.8 Å². The Morgan fingerprint density at radius 1 is 1.41 bits per heavy atom. The van der Waals surface area contributed by atoms with Gasteiger partial charge in [-0.1, -0.05) is 19.8 Å². The zero-order valence-corrected chi connectivity index (χ0v) is 13.0. The maximum atomic E-state index is 12.3. The van der Waals surface area contributed by atoms with E-state index in [4.69, 9.17) is 0 Å². The minimum Gasteiger partial charge on any atom is -0.352 e. The van der Waals surface area contributed by atoms with Crippen LogP contribution in [0.1, 0.15) is 32.6 Å². The number of amides is 1. The molecule has 7 heteroatoms. The van der Waals surface area contributed by atoms with Crippen molar-refractivity contribution >= 4 is 16.9 Å². The fourth-order valence-electron chi connectivity index (χ4n) is 3.12. The molecule has 1 amide bonds. The van der Waals surface area contributed by atoms with Gasteiger partial charge in [-0.3, -0.25) is 18.8 Å². The third kappa shape index (κ3) is 2.75. The molecule has 3 rings (SSSR count). The molecule has 118 valence electrons. The molecule has 2 atom stereocenters. The third-order valence-corrected chi connectivity index (χ3v) is 4.49. The van der Waals surface area contributed by atoms with E-state index >= 15 is 0 Å². The number of hydrogen-bond acceptors (Lipinski definition) is 4. The molecule has 1 saturated carbocycles. The van der Waals surface area contributed by atoms with Crippen molar-refractivity contribution in [2.24, 2.45) is 13.0 Å². The van der Waals surface area contributed by atoms with Gasteiger partial charge in [0.05, 0.1) is 6.20 Å². The lowest BCUT2D eigenvalue weighted by Gasteiger charge is -2.29. The molecule has 2 aromatic rings. The molecule has 22 heavy (non-hydrogen) atoms. The smallest absolute Gasteiger partial charge is 0.264 e. The molecule has 0 unspecified atom stereocenters. The third-order valence-electron chi connectivity index (χ3n) is 4.49. The van der Waals surface area contributed by atoms with Crippen LogP contribution in [0.25, 0.3) is 11.0 Å². The molecule has 1 aliphatic carbocycles. The summed E-state index contributed by atoms with van der Waals surface area (Å²) in [5, 5.41) is 7.51. The van der Waals surface area contributed by atoms with Gasteiger partial charge in [-0.15, -0.1) is 0 Å². The number of carbonyl (C=O) groups excluding carboxylic acids is 1. The van der Waals surface area contributed by atoms with Crippen LogP contribution < -0.4 is 10.9 Å². The Balaban J connectivity index is 1.74. The van der Waals surface area contributed by atoms with Crippen molar-refractivity contribution in [1.82, 2.24) is 24.6 Å². The van der Waals surface area contributed by atoms with Crippen LogP contribution in [0.4, 0.5) is 0 Å². The Morgan fingerprint density at radius 3 is 2.95 bits per heavy atom. The number of aryl methyl sites for hydroxylation is 1. The Morgan fingerprint density at radius 2 is 2.18 bits per heavy atom. The molecule has 2 heterocycles. The van der Waals surface area contributed by atoms with Crippen LogP contribution in [0.15, 0.2) is 17.3 Å². The molecule has 0 spiro atoms. The Labute approximate surface area is 128 Å². The van der Waals surface area contributed by atoms with Gasteiger partial charge in [0.2, 0.25) is 5.91 Å². The van der Waals surface area contributed by atoms with Gasteiger partial charge in [0.1, 0.15) is 18.3 Å². The molecule has 2 aromatic heterocycles. The van der Waals surface area contributed by atoms with Crippen LogP contribution in [-0.4, -0.2) is 31.3 Å². The van der Waals surface area contributed by atoms with Crippen LogP contribution in [-0.2, 0) is 18.4 Å². The van der Waals surface area contributed by atoms with E-state index < -0.39 is 0 Å². The van der Waals surface area contributed by atoms with E-state index in [1.54, 1.807) is 11.7 Å². The zero-order valence-electron chi connectivity index (χ0n) is 13.0. The van der Waals surface area contributed by atoms with Crippen molar-refractivity contribution in [1.29, 1.82) is 0 Å². The zero-order chi connectivity index (χ0) is 15.7. The standard InChI is InChI=1S/C15H21N5O2/c1-10-5-3-4-6-12(10)18-13(21)8-20-9-16-14-11(15(20)22)7-17-19(14)2/h7,9-10,12H,3-6,8H2,1-2H3,(H,18,21)/t10-,12-/m0/s1. The van der Waals surface area contributed by atoms with Crippen LogP contribution in [0.5, 0.6) is 0 Å². The number of hydrogen-bond donors (Lipinski definition) is 1. The van der Waals surface area contributed by atoms with Gasteiger partial charge in [0.25, 0.3) is 5.56 Å². The first kappa shape index (κ1) is 14.7. The summed E-state index contributed by atoms with van der Waals surface area (Å²) in [7, 11) is 1.73. The van der Waals surface area contributed by atoms with Crippen LogP contribution in [0.3, 0.4) is 0 Å². The van der Waals surface area contributed by atoms with Gasteiger partial charge in [-0.2, -0.15) is 5.10 Å². The Kier molecular flexibility index (Phi) is 3.96. The molecule has 0 saturated heterocycles. The van der Waals surface area contributed by atoms with E-state index in [2.05, 4.69) is 22.3 Å². The fraction of sp³-hybridized carbons (Fsp3) is 0.600. The van der Waals surface area contributed by atoms with Crippen LogP contribution in [0, 0.1) is 5.92 Å². The normalized spacial score (nSPS) is 21.9. The highest BCUT2D eigenvalue weighted by Crippen LogP contribution is 2.23. The van der Waals surface area contributed by atoms with Gasteiger partial charge in [0.15, 0.2) is 5.65 Å². The number of fused-ring (bicyclic) bond motifs is 1. The molecule has 1 fully saturated rings. The quantitative estimate of drug-likeness (QED) is 0.910. The summed E-state index contributed by atoms with van der Waals surface area (Å²) in [6.45, 7) is 2.17. The van der Waals surface area contributed by atoms with Crippen molar-refractivity contribution in [3.63, 3.8) is 0 Å². The van der Waals surface area contributed by atoms with E-state index in [1.807, 2.05) is 0 Å². The summed E-state index contributed by atoms with van der Waals surface area (Å²) in [6.07, 6.45) is 7.45. The number of aromatic nitrogens is 4. The summed E-state index contributed by atoms with van der Waals surface area (Å²) in [5.74, 6) is 0.360. The summed E-state index contributed by atoms with van der Waals surface area (Å²) >= 11 is 0. The van der Waals surface area contributed by atoms with Crippen molar-refractivity contribution in [2.45, 2.75) is 45.2 Å². The average Bonchev–Trinajstić information content (AvgIpc) is 2.87. The lowest BCUT2D eigenvalue weighted by atomic mass is 9.86. The highest BCUT2D eigenvalue weighted by Gasteiger charge is 2.23. The SMILES string of the molecule is C[C@H]1CCCC[C@@H]1NC(=O)Cn1cnc2c(cnn2C)c1=O. The summed E-state index contributed by atoms with van der Waals surface area (Å²) in [4.78, 5) is 28.7. The predicted octanol–water partition coefficient (Wildman–Crippen LogP) is 0.825.